The van der Waals surface area contributed by atoms with Gasteiger partial charge in [-0.05, 0) is 64.2 Å². The quantitative estimate of drug-likeness (QED) is 0.854. The smallest absolute Gasteiger partial charge is 0.223 e. The van der Waals surface area contributed by atoms with Crippen molar-refractivity contribution >= 4 is 17.2 Å². The van der Waals surface area contributed by atoms with Gasteiger partial charge in [0, 0.05) is 24.4 Å². The molecule has 1 aromatic heterocycles. The summed E-state index contributed by atoms with van der Waals surface area (Å²) in [5, 5.41) is 9.91. The van der Waals surface area contributed by atoms with Crippen LogP contribution in [0, 0.1) is 18.3 Å². The average molecular weight is 351 g/mol. The van der Waals surface area contributed by atoms with Crippen LogP contribution < -0.4 is 10.6 Å². The Morgan fingerprint density at radius 3 is 2.75 bits per heavy atom. The van der Waals surface area contributed by atoms with Crippen molar-refractivity contribution in [1.29, 1.82) is 0 Å². The number of hydrogen-bond donors (Lipinski definition) is 2. The number of rotatable bonds is 5. The number of hydrogen-bond acceptors (Lipinski definition) is 5. The van der Waals surface area contributed by atoms with Gasteiger partial charge < -0.3 is 10.6 Å². The van der Waals surface area contributed by atoms with Gasteiger partial charge in [-0.25, -0.2) is 4.98 Å². The zero-order valence-corrected chi connectivity index (χ0v) is 15.8. The van der Waals surface area contributed by atoms with Gasteiger partial charge in [0.15, 0.2) is 0 Å². The average Bonchev–Trinajstić information content (AvgIpc) is 2.99. The molecular formula is C18H30N4OS. The van der Waals surface area contributed by atoms with Gasteiger partial charge in [-0.1, -0.05) is 6.92 Å². The minimum absolute atomic E-state index is 0.184. The first-order valence-corrected chi connectivity index (χ1v) is 10.0. The van der Waals surface area contributed by atoms with Crippen molar-refractivity contribution in [2.24, 2.45) is 11.3 Å². The van der Waals surface area contributed by atoms with Crippen LogP contribution in [-0.4, -0.2) is 48.5 Å². The second-order valence-corrected chi connectivity index (χ2v) is 8.75. The maximum Gasteiger partial charge on any atom is 0.223 e. The third kappa shape index (κ3) is 4.77. The van der Waals surface area contributed by atoms with Crippen LogP contribution in [0.4, 0.5) is 0 Å². The second kappa shape index (κ2) is 7.93. The summed E-state index contributed by atoms with van der Waals surface area (Å²) in [6.45, 7) is 10.2. The number of piperidine rings is 2. The molecule has 0 atom stereocenters. The summed E-state index contributed by atoms with van der Waals surface area (Å²) in [7, 11) is 0. The van der Waals surface area contributed by atoms with E-state index in [0.29, 0.717) is 0 Å². The number of nitrogens with one attached hydrogen (secondary N) is 2. The topological polar surface area (TPSA) is 57.3 Å². The SMILES string of the molecule is Cc1nc(CN2CCC(C(=O)NCC3(C)CCNCC3)CC2)cs1. The number of thiazole rings is 1. The van der Waals surface area contributed by atoms with Crippen molar-refractivity contribution in [1.82, 2.24) is 20.5 Å². The van der Waals surface area contributed by atoms with Gasteiger partial charge in [-0.3, -0.25) is 9.69 Å². The van der Waals surface area contributed by atoms with E-state index in [1.165, 1.54) is 5.69 Å². The highest BCUT2D eigenvalue weighted by Crippen LogP contribution is 2.27. The van der Waals surface area contributed by atoms with Crippen LogP contribution >= 0.6 is 11.3 Å². The molecule has 3 rings (SSSR count). The number of aromatic nitrogens is 1. The Bertz CT molecular complexity index is 545. The Kier molecular flexibility index (Phi) is 5.89. The highest BCUT2D eigenvalue weighted by molar-refractivity contribution is 7.09. The molecule has 1 amide bonds. The number of aryl methyl sites for hydroxylation is 1. The number of carbonyl (C=O) groups is 1. The second-order valence-electron chi connectivity index (χ2n) is 7.69. The van der Waals surface area contributed by atoms with E-state index in [4.69, 9.17) is 0 Å². The lowest BCUT2D eigenvalue weighted by molar-refractivity contribution is -0.127. The van der Waals surface area contributed by atoms with Gasteiger partial charge in [0.25, 0.3) is 0 Å². The van der Waals surface area contributed by atoms with Crippen molar-refractivity contribution in [2.75, 3.05) is 32.7 Å². The lowest BCUT2D eigenvalue weighted by Gasteiger charge is -2.35. The zero-order chi connectivity index (χ0) is 17.0. The van der Waals surface area contributed by atoms with Gasteiger partial charge in [-0.2, -0.15) is 0 Å². The van der Waals surface area contributed by atoms with Crippen LogP contribution in [0.1, 0.15) is 43.3 Å². The molecular weight excluding hydrogens is 320 g/mol. The van der Waals surface area contributed by atoms with Gasteiger partial charge in [0.05, 0.1) is 10.7 Å². The van der Waals surface area contributed by atoms with E-state index >= 15 is 0 Å². The number of amides is 1. The van der Waals surface area contributed by atoms with Crippen molar-refractivity contribution < 1.29 is 4.79 Å². The minimum Gasteiger partial charge on any atom is -0.355 e. The van der Waals surface area contributed by atoms with E-state index < -0.39 is 0 Å². The summed E-state index contributed by atoms with van der Waals surface area (Å²) in [6.07, 6.45) is 4.23. The van der Waals surface area contributed by atoms with E-state index in [-0.39, 0.29) is 17.2 Å². The van der Waals surface area contributed by atoms with Crippen molar-refractivity contribution in [3.05, 3.63) is 16.1 Å². The highest BCUT2D eigenvalue weighted by Gasteiger charge is 2.30. The number of nitrogens with zero attached hydrogens (tertiary/aromatic N) is 2. The molecule has 0 spiro atoms. The molecule has 0 aromatic carbocycles. The molecule has 2 fully saturated rings. The van der Waals surface area contributed by atoms with Crippen molar-refractivity contribution in [2.45, 2.75) is 46.1 Å². The highest BCUT2D eigenvalue weighted by atomic mass is 32.1. The number of carbonyl (C=O) groups excluding carboxylic acids is 1. The molecule has 0 saturated carbocycles. The lowest BCUT2D eigenvalue weighted by Crippen LogP contribution is -2.46. The largest absolute Gasteiger partial charge is 0.355 e. The van der Waals surface area contributed by atoms with Crippen molar-refractivity contribution in [3.8, 4) is 0 Å². The monoisotopic (exact) mass is 350 g/mol. The Morgan fingerprint density at radius 1 is 1.42 bits per heavy atom. The van der Waals surface area contributed by atoms with E-state index in [2.05, 4.69) is 32.8 Å². The Hall–Kier alpha value is -0.980. The first kappa shape index (κ1) is 17.8. The summed E-state index contributed by atoms with van der Waals surface area (Å²) in [4.78, 5) is 19.5. The Labute approximate surface area is 149 Å². The van der Waals surface area contributed by atoms with Gasteiger partial charge in [-0.15, -0.1) is 11.3 Å². The molecule has 2 aliphatic heterocycles. The zero-order valence-electron chi connectivity index (χ0n) is 14.9. The molecule has 2 N–H and O–H groups in total. The molecule has 5 nitrogen and oxygen atoms in total. The fourth-order valence-corrected chi connectivity index (χ4v) is 4.32. The fraction of sp³-hybridized carbons (Fsp3) is 0.778. The van der Waals surface area contributed by atoms with E-state index in [1.807, 2.05) is 6.92 Å². The first-order chi connectivity index (χ1) is 11.5. The lowest BCUT2D eigenvalue weighted by atomic mass is 9.81. The maximum atomic E-state index is 12.5. The van der Waals surface area contributed by atoms with Crippen LogP contribution in [0.15, 0.2) is 5.38 Å². The molecule has 2 aliphatic rings. The van der Waals surface area contributed by atoms with Crippen LogP contribution in [0.2, 0.25) is 0 Å². The molecule has 6 heteroatoms. The summed E-state index contributed by atoms with van der Waals surface area (Å²) in [5.74, 6) is 0.447. The van der Waals surface area contributed by atoms with Crippen molar-refractivity contribution in [3.63, 3.8) is 0 Å². The van der Waals surface area contributed by atoms with Gasteiger partial charge >= 0.3 is 0 Å². The van der Waals surface area contributed by atoms with Crippen LogP contribution in [0.3, 0.4) is 0 Å². The minimum atomic E-state index is 0.184. The Balaban J connectivity index is 1.40. The predicted octanol–water partition coefficient (Wildman–Crippen LogP) is 2.17. The van der Waals surface area contributed by atoms with Gasteiger partial charge in [0.1, 0.15) is 0 Å². The molecule has 0 bridgehead atoms. The van der Waals surface area contributed by atoms with Crippen LogP contribution in [0.5, 0.6) is 0 Å². The molecule has 0 unspecified atom stereocenters. The molecule has 2 saturated heterocycles. The summed E-state index contributed by atoms with van der Waals surface area (Å²) in [6, 6.07) is 0. The predicted molar refractivity (Wildman–Crippen MR) is 98.1 cm³/mol. The fourth-order valence-electron chi connectivity index (χ4n) is 3.72. The normalized spacial score (nSPS) is 22.4. The molecule has 24 heavy (non-hydrogen) atoms. The molecule has 0 radical (unpaired) electrons. The summed E-state index contributed by atoms with van der Waals surface area (Å²) in [5.41, 5.74) is 1.43. The third-order valence-corrected chi connectivity index (χ3v) is 6.33. The molecule has 0 aliphatic carbocycles. The molecule has 134 valence electrons. The third-order valence-electron chi connectivity index (χ3n) is 5.51. The maximum absolute atomic E-state index is 12.5. The van der Waals surface area contributed by atoms with E-state index in [0.717, 1.165) is 70.0 Å². The molecule has 3 heterocycles. The van der Waals surface area contributed by atoms with E-state index in [1.54, 1.807) is 11.3 Å². The van der Waals surface area contributed by atoms with Crippen LogP contribution in [-0.2, 0) is 11.3 Å². The van der Waals surface area contributed by atoms with E-state index in [9.17, 15) is 4.79 Å². The Morgan fingerprint density at radius 2 is 2.12 bits per heavy atom. The van der Waals surface area contributed by atoms with Gasteiger partial charge in [0.2, 0.25) is 5.91 Å². The summed E-state index contributed by atoms with van der Waals surface area (Å²) >= 11 is 1.71. The summed E-state index contributed by atoms with van der Waals surface area (Å²) < 4.78 is 0. The number of likely N-dealkylation sites (tertiary alicyclic amines) is 1. The standard InChI is InChI=1S/C18H30N4OS/c1-14-21-16(12-24-14)11-22-9-3-15(4-10-22)17(23)20-13-18(2)5-7-19-8-6-18/h12,15,19H,3-11,13H2,1-2H3,(H,20,23). The molecule has 1 aromatic rings. The first-order valence-electron chi connectivity index (χ1n) is 9.16. The van der Waals surface area contributed by atoms with Crippen LogP contribution in [0.25, 0.3) is 0 Å².